The van der Waals surface area contributed by atoms with E-state index < -0.39 is 17.2 Å². The summed E-state index contributed by atoms with van der Waals surface area (Å²) in [5.41, 5.74) is -0.547. The minimum Gasteiger partial charge on any atom is -0.300 e. The Labute approximate surface area is 120 Å². The number of benzene rings is 1. The minimum atomic E-state index is -4.31. The lowest BCUT2D eigenvalue weighted by Crippen LogP contribution is -2.38. The SMILES string of the molecule is O=CC(Cl)N1CCC(c2cccc(C(F)(F)F)c2)CC1. The Bertz CT molecular complexity index is 470. The molecule has 1 unspecified atom stereocenters. The lowest BCUT2D eigenvalue weighted by atomic mass is 9.88. The molecule has 0 amide bonds. The zero-order valence-corrected chi connectivity index (χ0v) is 11.5. The van der Waals surface area contributed by atoms with E-state index in [1.807, 2.05) is 4.90 Å². The van der Waals surface area contributed by atoms with Crippen molar-refractivity contribution in [2.45, 2.75) is 30.4 Å². The molecule has 0 spiro atoms. The van der Waals surface area contributed by atoms with Gasteiger partial charge in [0, 0.05) is 13.1 Å². The highest BCUT2D eigenvalue weighted by Crippen LogP contribution is 2.34. The Hall–Kier alpha value is -1.07. The van der Waals surface area contributed by atoms with Crippen LogP contribution in [-0.4, -0.2) is 29.8 Å². The minimum absolute atomic E-state index is 0.0871. The van der Waals surface area contributed by atoms with Crippen LogP contribution in [-0.2, 0) is 11.0 Å². The number of likely N-dealkylation sites (tertiary alicyclic amines) is 1. The summed E-state index contributed by atoms with van der Waals surface area (Å²) >= 11 is 5.83. The molecule has 0 bridgehead atoms. The van der Waals surface area contributed by atoms with Crippen LogP contribution in [0.1, 0.15) is 29.9 Å². The van der Waals surface area contributed by atoms with E-state index in [1.165, 1.54) is 12.1 Å². The molecule has 1 aliphatic heterocycles. The number of aldehydes is 1. The Morgan fingerprint density at radius 1 is 1.30 bits per heavy atom. The number of halogens is 4. The van der Waals surface area contributed by atoms with Crippen molar-refractivity contribution in [3.8, 4) is 0 Å². The molecule has 0 aromatic heterocycles. The molecule has 20 heavy (non-hydrogen) atoms. The van der Waals surface area contributed by atoms with Crippen molar-refractivity contribution in [2.75, 3.05) is 13.1 Å². The van der Waals surface area contributed by atoms with Gasteiger partial charge in [0.1, 0.15) is 5.50 Å². The van der Waals surface area contributed by atoms with E-state index in [4.69, 9.17) is 11.6 Å². The van der Waals surface area contributed by atoms with Gasteiger partial charge in [-0.25, -0.2) is 0 Å². The maximum absolute atomic E-state index is 12.7. The smallest absolute Gasteiger partial charge is 0.300 e. The maximum Gasteiger partial charge on any atom is 0.416 e. The van der Waals surface area contributed by atoms with E-state index in [0.29, 0.717) is 37.8 Å². The molecule has 0 aliphatic carbocycles. The van der Waals surface area contributed by atoms with Gasteiger partial charge in [-0.15, -0.1) is 0 Å². The van der Waals surface area contributed by atoms with E-state index in [0.717, 1.165) is 6.07 Å². The van der Waals surface area contributed by atoms with Crippen LogP contribution in [0.2, 0.25) is 0 Å². The van der Waals surface area contributed by atoms with Gasteiger partial charge in [0.2, 0.25) is 0 Å². The first-order chi connectivity index (χ1) is 9.41. The topological polar surface area (TPSA) is 20.3 Å². The molecule has 1 heterocycles. The van der Waals surface area contributed by atoms with Crippen molar-refractivity contribution >= 4 is 17.9 Å². The molecule has 0 N–H and O–H groups in total. The molecule has 1 fully saturated rings. The summed E-state index contributed by atoms with van der Waals surface area (Å²) in [4.78, 5) is 12.4. The Balaban J connectivity index is 2.06. The summed E-state index contributed by atoms with van der Waals surface area (Å²) in [5, 5.41) is 0. The number of carbonyl (C=O) groups is 1. The van der Waals surface area contributed by atoms with Gasteiger partial charge in [-0.1, -0.05) is 29.8 Å². The number of piperidine rings is 1. The maximum atomic E-state index is 12.7. The van der Waals surface area contributed by atoms with Crippen molar-refractivity contribution in [3.63, 3.8) is 0 Å². The van der Waals surface area contributed by atoms with Gasteiger partial charge in [-0.2, -0.15) is 13.2 Å². The van der Waals surface area contributed by atoms with Crippen molar-refractivity contribution in [1.82, 2.24) is 4.90 Å². The van der Waals surface area contributed by atoms with Gasteiger partial charge < -0.3 is 4.79 Å². The number of hydrogen-bond donors (Lipinski definition) is 0. The molecule has 1 aliphatic rings. The number of hydrogen-bond acceptors (Lipinski definition) is 2. The molecule has 0 radical (unpaired) electrons. The molecule has 1 aromatic rings. The molecule has 1 aromatic carbocycles. The van der Waals surface area contributed by atoms with Crippen LogP contribution in [0.5, 0.6) is 0 Å². The van der Waals surface area contributed by atoms with Crippen molar-refractivity contribution in [2.24, 2.45) is 0 Å². The molecule has 1 saturated heterocycles. The molecular formula is C14H15ClF3NO. The normalized spacial score (nSPS) is 19.8. The van der Waals surface area contributed by atoms with Crippen LogP contribution in [0.25, 0.3) is 0 Å². The second kappa shape index (κ2) is 6.14. The Morgan fingerprint density at radius 3 is 2.50 bits per heavy atom. The summed E-state index contributed by atoms with van der Waals surface area (Å²) in [6, 6.07) is 5.48. The fourth-order valence-electron chi connectivity index (χ4n) is 2.53. The Kier molecular flexibility index (Phi) is 4.70. The summed E-state index contributed by atoms with van der Waals surface area (Å²) in [7, 11) is 0. The zero-order chi connectivity index (χ0) is 14.8. The number of carbonyl (C=O) groups excluding carboxylic acids is 1. The van der Waals surface area contributed by atoms with Gasteiger partial charge >= 0.3 is 6.18 Å². The number of alkyl halides is 4. The van der Waals surface area contributed by atoms with Crippen LogP contribution in [0.15, 0.2) is 24.3 Å². The van der Waals surface area contributed by atoms with Crippen molar-refractivity contribution in [3.05, 3.63) is 35.4 Å². The predicted octanol–water partition coefficient (Wildman–Crippen LogP) is 3.65. The summed E-state index contributed by atoms with van der Waals surface area (Å²) in [6.07, 6.45) is -2.22. The standard InChI is InChI=1S/C14H15ClF3NO/c15-13(9-20)19-6-4-10(5-7-19)11-2-1-3-12(8-11)14(16,17)18/h1-3,8-10,13H,4-7H2. The van der Waals surface area contributed by atoms with Crippen LogP contribution < -0.4 is 0 Å². The van der Waals surface area contributed by atoms with E-state index >= 15 is 0 Å². The average molecular weight is 306 g/mol. The van der Waals surface area contributed by atoms with E-state index in [-0.39, 0.29) is 5.92 Å². The van der Waals surface area contributed by atoms with Crippen LogP contribution in [0, 0.1) is 0 Å². The molecule has 2 rings (SSSR count). The average Bonchev–Trinajstić information content (AvgIpc) is 2.46. The Morgan fingerprint density at radius 2 is 1.95 bits per heavy atom. The largest absolute Gasteiger partial charge is 0.416 e. The van der Waals surface area contributed by atoms with Crippen LogP contribution in [0.4, 0.5) is 13.2 Å². The lowest BCUT2D eigenvalue weighted by molar-refractivity contribution is -0.137. The van der Waals surface area contributed by atoms with Gasteiger partial charge in [-0.05, 0) is 30.4 Å². The predicted molar refractivity (Wildman–Crippen MR) is 70.7 cm³/mol. The first-order valence-corrected chi connectivity index (χ1v) is 6.86. The van der Waals surface area contributed by atoms with Crippen molar-refractivity contribution < 1.29 is 18.0 Å². The third-order valence-electron chi connectivity index (χ3n) is 3.68. The molecule has 6 heteroatoms. The summed E-state index contributed by atoms with van der Waals surface area (Å²) in [5.74, 6) is 0.0871. The van der Waals surface area contributed by atoms with Gasteiger partial charge in [0.15, 0.2) is 6.29 Å². The lowest BCUT2D eigenvalue weighted by Gasteiger charge is -2.33. The first kappa shape index (κ1) is 15.3. The molecule has 110 valence electrons. The second-order valence-electron chi connectivity index (χ2n) is 4.94. The fourth-order valence-corrected chi connectivity index (χ4v) is 2.73. The van der Waals surface area contributed by atoms with Crippen molar-refractivity contribution in [1.29, 1.82) is 0 Å². The van der Waals surface area contributed by atoms with Gasteiger partial charge in [-0.3, -0.25) is 4.90 Å². The zero-order valence-electron chi connectivity index (χ0n) is 10.7. The monoisotopic (exact) mass is 305 g/mol. The van der Waals surface area contributed by atoms with Gasteiger partial charge in [0.25, 0.3) is 0 Å². The highest BCUT2D eigenvalue weighted by molar-refractivity contribution is 6.27. The second-order valence-corrected chi connectivity index (χ2v) is 5.39. The highest BCUT2D eigenvalue weighted by atomic mass is 35.5. The molecule has 1 atom stereocenters. The molecule has 0 saturated carbocycles. The van der Waals surface area contributed by atoms with Gasteiger partial charge in [0.05, 0.1) is 5.56 Å². The highest BCUT2D eigenvalue weighted by Gasteiger charge is 2.31. The number of nitrogens with zero attached hydrogens (tertiary/aromatic N) is 1. The summed E-state index contributed by atoms with van der Waals surface area (Å²) < 4.78 is 38.1. The van der Waals surface area contributed by atoms with E-state index in [1.54, 1.807) is 6.07 Å². The fraction of sp³-hybridized carbons (Fsp3) is 0.500. The summed E-state index contributed by atoms with van der Waals surface area (Å²) in [6.45, 7) is 1.24. The molecular weight excluding hydrogens is 291 g/mol. The first-order valence-electron chi connectivity index (χ1n) is 6.42. The number of rotatable bonds is 3. The third-order valence-corrected chi connectivity index (χ3v) is 4.05. The third kappa shape index (κ3) is 3.52. The van der Waals surface area contributed by atoms with E-state index in [9.17, 15) is 18.0 Å². The quantitative estimate of drug-likeness (QED) is 0.483. The van der Waals surface area contributed by atoms with Crippen LogP contribution >= 0.6 is 11.6 Å². The van der Waals surface area contributed by atoms with E-state index in [2.05, 4.69) is 0 Å². The molecule has 2 nitrogen and oxygen atoms in total. The van der Waals surface area contributed by atoms with Crippen LogP contribution in [0.3, 0.4) is 0 Å².